The summed E-state index contributed by atoms with van der Waals surface area (Å²) >= 11 is 0. The first kappa shape index (κ1) is 9.19. The number of halogens is 1. The van der Waals surface area contributed by atoms with Crippen molar-refractivity contribution in [1.82, 2.24) is 10.3 Å². The van der Waals surface area contributed by atoms with Crippen LogP contribution in [0.4, 0.5) is 4.39 Å². The standard InChI is InChI=1S/C8H13FN2O/c1-5-7(4-9)12-8(11-5)6(2)10-3/h6,10H,4H2,1-3H3. The summed E-state index contributed by atoms with van der Waals surface area (Å²) in [5, 5.41) is 2.97. The van der Waals surface area contributed by atoms with Crippen molar-refractivity contribution >= 4 is 0 Å². The first-order valence-corrected chi connectivity index (χ1v) is 3.88. The monoisotopic (exact) mass is 172 g/mol. The van der Waals surface area contributed by atoms with Crippen LogP contribution >= 0.6 is 0 Å². The van der Waals surface area contributed by atoms with Crippen molar-refractivity contribution in [3.8, 4) is 0 Å². The minimum atomic E-state index is -0.588. The van der Waals surface area contributed by atoms with Crippen molar-refractivity contribution in [2.45, 2.75) is 26.6 Å². The molecule has 0 saturated carbocycles. The van der Waals surface area contributed by atoms with Crippen LogP contribution in [0.25, 0.3) is 0 Å². The van der Waals surface area contributed by atoms with Gasteiger partial charge in [0.2, 0.25) is 5.89 Å². The van der Waals surface area contributed by atoms with Crippen LogP contribution in [0.5, 0.6) is 0 Å². The first-order valence-electron chi connectivity index (χ1n) is 3.88. The van der Waals surface area contributed by atoms with E-state index in [0.29, 0.717) is 17.3 Å². The second-order valence-electron chi connectivity index (χ2n) is 2.70. The summed E-state index contributed by atoms with van der Waals surface area (Å²) in [6.45, 7) is 3.06. The SMILES string of the molecule is CNC(C)c1nc(C)c(CF)o1. The van der Waals surface area contributed by atoms with Crippen molar-refractivity contribution in [2.24, 2.45) is 0 Å². The molecule has 68 valence electrons. The Bertz CT molecular complexity index is 260. The predicted octanol–water partition coefficient (Wildman–Crippen LogP) is 1.73. The number of hydrogen-bond acceptors (Lipinski definition) is 3. The van der Waals surface area contributed by atoms with Crippen molar-refractivity contribution < 1.29 is 8.81 Å². The number of aromatic nitrogens is 1. The molecule has 3 nitrogen and oxygen atoms in total. The molecule has 1 heterocycles. The van der Waals surface area contributed by atoms with Gasteiger partial charge >= 0.3 is 0 Å². The van der Waals surface area contributed by atoms with E-state index in [9.17, 15) is 4.39 Å². The van der Waals surface area contributed by atoms with E-state index in [-0.39, 0.29) is 6.04 Å². The first-order chi connectivity index (χ1) is 5.69. The molecule has 0 fully saturated rings. The lowest BCUT2D eigenvalue weighted by atomic mass is 10.3. The van der Waals surface area contributed by atoms with Gasteiger partial charge in [-0.3, -0.25) is 0 Å². The zero-order valence-electron chi connectivity index (χ0n) is 7.52. The van der Waals surface area contributed by atoms with Crippen LogP contribution in [-0.4, -0.2) is 12.0 Å². The Morgan fingerprint density at radius 2 is 2.33 bits per heavy atom. The molecule has 1 aromatic heterocycles. The van der Waals surface area contributed by atoms with E-state index in [2.05, 4.69) is 10.3 Å². The Kier molecular flexibility index (Phi) is 2.81. The molecule has 1 N–H and O–H groups in total. The molecule has 0 aromatic carbocycles. The van der Waals surface area contributed by atoms with Crippen LogP contribution < -0.4 is 5.32 Å². The van der Waals surface area contributed by atoms with Gasteiger partial charge in [0.25, 0.3) is 0 Å². The van der Waals surface area contributed by atoms with E-state index >= 15 is 0 Å². The lowest BCUT2D eigenvalue weighted by molar-refractivity contribution is 0.354. The van der Waals surface area contributed by atoms with E-state index in [1.807, 2.05) is 6.92 Å². The van der Waals surface area contributed by atoms with Crippen molar-refractivity contribution in [1.29, 1.82) is 0 Å². The molecule has 12 heavy (non-hydrogen) atoms. The number of aryl methyl sites for hydroxylation is 1. The zero-order chi connectivity index (χ0) is 9.14. The highest BCUT2D eigenvalue weighted by Gasteiger charge is 2.13. The molecular weight excluding hydrogens is 159 g/mol. The summed E-state index contributed by atoms with van der Waals surface area (Å²) in [6, 6.07) is 0.0315. The van der Waals surface area contributed by atoms with Crippen LogP contribution in [-0.2, 0) is 6.67 Å². The minimum absolute atomic E-state index is 0.0315. The fourth-order valence-electron chi connectivity index (χ4n) is 0.883. The number of rotatable bonds is 3. The lowest BCUT2D eigenvalue weighted by Gasteiger charge is -2.02. The van der Waals surface area contributed by atoms with Gasteiger partial charge < -0.3 is 9.73 Å². The van der Waals surface area contributed by atoms with Crippen LogP contribution in [0.15, 0.2) is 4.42 Å². The second kappa shape index (κ2) is 3.67. The maximum atomic E-state index is 12.2. The molecule has 1 aromatic rings. The summed E-state index contributed by atoms with van der Waals surface area (Å²) in [5.74, 6) is 0.870. The second-order valence-corrected chi connectivity index (χ2v) is 2.70. The van der Waals surface area contributed by atoms with Gasteiger partial charge in [0.15, 0.2) is 5.76 Å². The van der Waals surface area contributed by atoms with Gasteiger partial charge in [-0.05, 0) is 20.9 Å². The van der Waals surface area contributed by atoms with Crippen LogP contribution in [0.2, 0.25) is 0 Å². The fraction of sp³-hybridized carbons (Fsp3) is 0.625. The van der Waals surface area contributed by atoms with Gasteiger partial charge in [0, 0.05) is 0 Å². The quantitative estimate of drug-likeness (QED) is 0.754. The maximum absolute atomic E-state index is 12.2. The molecular formula is C8H13FN2O. The number of oxazole rings is 1. The summed E-state index contributed by atoms with van der Waals surface area (Å²) < 4.78 is 17.4. The third-order valence-electron chi connectivity index (χ3n) is 1.83. The molecule has 0 amide bonds. The summed E-state index contributed by atoms with van der Waals surface area (Å²) in [5.41, 5.74) is 0.634. The van der Waals surface area contributed by atoms with E-state index in [1.165, 1.54) is 0 Å². The van der Waals surface area contributed by atoms with Gasteiger partial charge in [-0.2, -0.15) is 0 Å². The van der Waals surface area contributed by atoms with Gasteiger partial charge in [-0.25, -0.2) is 9.37 Å². The van der Waals surface area contributed by atoms with E-state index < -0.39 is 6.67 Å². The maximum Gasteiger partial charge on any atom is 0.211 e. The number of nitrogens with one attached hydrogen (secondary N) is 1. The minimum Gasteiger partial charge on any atom is -0.441 e. The van der Waals surface area contributed by atoms with E-state index in [1.54, 1.807) is 14.0 Å². The van der Waals surface area contributed by atoms with Gasteiger partial charge in [0.1, 0.15) is 6.67 Å². The topological polar surface area (TPSA) is 38.1 Å². The third kappa shape index (κ3) is 1.64. The van der Waals surface area contributed by atoms with Crippen LogP contribution in [0.3, 0.4) is 0 Å². The normalized spacial score (nSPS) is 13.3. The van der Waals surface area contributed by atoms with E-state index in [0.717, 1.165) is 0 Å². The van der Waals surface area contributed by atoms with Crippen LogP contribution in [0.1, 0.15) is 30.3 Å². The molecule has 1 unspecified atom stereocenters. The largest absolute Gasteiger partial charge is 0.441 e. The van der Waals surface area contributed by atoms with Gasteiger partial charge in [-0.15, -0.1) is 0 Å². The smallest absolute Gasteiger partial charge is 0.211 e. The molecule has 0 aliphatic heterocycles. The molecule has 4 heteroatoms. The number of alkyl halides is 1. The molecule has 1 atom stereocenters. The number of hydrogen-bond donors (Lipinski definition) is 1. The molecule has 0 spiro atoms. The summed E-state index contributed by atoms with van der Waals surface area (Å²) in [6.07, 6.45) is 0. The average Bonchev–Trinajstić information content (AvgIpc) is 2.45. The molecule has 0 radical (unpaired) electrons. The fourth-order valence-corrected chi connectivity index (χ4v) is 0.883. The number of nitrogens with zero attached hydrogens (tertiary/aromatic N) is 1. The van der Waals surface area contributed by atoms with E-state index in [4.69, 9.17) is 4.42 Å². The Balaban J connectivity index is 2.88. The Morgan fingerprint density at radius 1 is 1.67 bits per heavy atom. The van der Waals surface area contributed by atoms with Crippen molar-refractivity contribution in [3.05, 3.63) is 17.3 Å². The Labute approximate surface area is 71.0 Å². The van der Waals surface area contributed by atoms with Gasteiger partial charge in [0.05, 0.1) is 11.7 Å². The van der Waals surface area contributed by atoms with Gasteiger partial charge in [-0.1, -0.05) is 0 Å². The summed E-state index contributed by atoms with van der Waals surface area (Å²) in [4.78, 5) is 4.08. The molecule has 0 bridgehead atoms. The lowest BCUT2D eigenvalue weighted by Crippen LogP contribution is -2.12. The highest BCUT2D eigenvalue weighted by atomic mass is 19.1. The molecule has 0 aliphatic carbocycles. The molecule has 0 aliphatic rings. The van der Waals surface area contributed by atoms with Crippen LogP contribution in [0, 0.1) is 6.92 Å². The third-order valence-corrected chi connectivity index (χ3v) is 1.83. The molecule has 0 saturated heterocycles. The van der Waals surface area contributed by atoms with Crippen molar-refractivity contribution in [3.63, 3.8) is 0 Å². The highest BCUT2D eigenvalue weighted by Crippen LogP contribution is 2.16. The molecule has 1 rings (SSSR count). The summed E-state index contributed by atoms with van der Waals surface area (Å²) in [7, 11) is 1.80. The zero-order valence-corrected chi connectivity index (χ0v) is 7.52. The highest BCUT2D eigenvalue weighted by molar-refractivity contribution is 5.08. The average molecular weight is 172 g/mol. The Hall–Kier alpha value is -0.900. The predicted molar refractivity (Wildman–Crippen MR) is 43.5 cm³/mol. The van der Waals surface area contributed by atoms with Crippen molar-refractivity contribution in [2.75, 3.05) is 7.05 Å². The Morgan fingerprint density at radius 3 is 2.75 bits per heavy atom.